The van der Waals surface area contributed by atoms with Gasteiger partial charge in [0.1, 0.15) is 11.4 Å². The van der Waals surface area contributed by atoms with Crippen LogP contribution in [0.3, 0.4) is 0 Å². The number of carbonyl (C=O) groups is 3. The number of thiophene rings is 1. The van der Waals surface area contributed by atoms with Crippen LogP contribution in [0.4, 0.5) is 10.5 Å². The number of urea groups is 1. The van der Waals surface area contributed by atoms with E-state index >= 15 is 0 Å². The predicted molar refractivity (Wildman–Crippen MR) is 134 cm³/mol. The molecule has 1 saturated carbocycles. The van der Waals surface area contributed by atoms with Crippen molar-refractivity contribution in [3.05, 3.63) is 40.7 Å². The van der Waals surface area contributed by atoms with E-state index in [0.29, 0.717) is 41.0 Å². The van der Waals surface area contributed by atoms with Crippen LogP contribution in [0, 0.1) is 0 Å². The SMILES string of the molecule is CC1CN(C(=O)c2ccc(-c3cc(NC4CC4)c4ncc(/C=C5\NC(=O)NC5=O)n4n3)s2)CC(C)O1. The first-order valence-corrected chi connectivity index (χ1v) is 12.7. The molecule has 11 nitrogen and oxygen atoms in total. The third-order valence-electron chi connectivity index (χ3n) is 6.22. The molecule has 0 bridgehead atoms. The number of aromatic nitrogens is 3. The van der Waals surface area contributed by atoms with E-state index in [1.807, 2.05) is 36.9 Å². The van der Waals surface area contributed by atoms with E-state index in [-0.39, 0.29) is 23.8 Å². The van der Waals surface area contributed by atoms with E-state index < -0.39 is 11.9 Å². The highest BCUT2D eigenvalue weighted by Crippen LogP contribution is 2.33. The maximum atomic E-state index is 13.2. The summed E-state index contributed by atoms with van der Waals surface area (Å²) in [5.41, 5.74) is 2.79. The average Bonchev–Trinajstić information content (AvgIpc) is 3.22. The molecule has 2 unspecified atom stereocenters. The zero-order chi connectivity index (χ0) is 25.0. The second-order valence-electron chi connectivity index (χ2n) is 9.38. The molecule has 3 fully saturated rings. The van der Waals surface area contributed by atoms with Gasteiger partial charge in [-0.3, -0.25) is 14.9 Å². The van der Waals surface area contributed by atoms with Crippen molar-refractivity contribution in [3.63, 3.8) is 0 Å². The Labute approximate surface area is 210 Å². The Morgan fingerprint density at radius 1 is 1.19 bits per heavy atom. The van der Waals surface area contributed by atoms with Crippen molar-refractivity contribution in [2.24, 2.45) is 0 Å². The molecule has 1 aliphatic carbocycles. The summed E-state index contributed by atoms with van der Waals surface area (Å²) in [6.45, 7) is 5.07. The number of nitrogens with one attached hydrogen (secondary N) is 3. The fourth-order valence-electron chi connectivity index (χ4n) is 4.48. The molecule has 2 aliphatic heterocycles. The standard InChI is InChI=1S/C24H25N7O4S/c1-12-10-30(11-13(2)35-12)23(33)20-6-5-19(36-20)16-8-17(26-14-3-4-14)21-25-9-15(31(21)29-16)7-18-22(32)28-24(34)27-18/h5-9,12-14,26H,3-4,10-11H2,1-2H3,(H2,27,28,32,34)/b18-7-. The van der Waals surface area contributed by atoms with E-state index in [2.05, 4.69) is 20.9 Å². The van der Waals surface area contributed by atoms with Gasteiger partial charge in [-0.2, -0.15) is 5.10 Å². The topological polar surface area (TPSA) is 130 Å². The summed E-state index contributed by atoms with van der Waals surface area (Å²) in [5, 5.41) is 13.0. The van der Waals surface area contributed by atoms with Crippen LogP contribution in [0.1, 0.15) is 42.1 Å². The van der Waals surface area contributed by atoms with E-state index in [0.717, 1.165) is 23.4 Å². The van der Waals surface area contributed by atoms with E-state index in [4.69, 9.17) is 9.84 Å². The first kappa shape index (κ1) is 22.7. The highest BCUT2D eigenvalue weighted by atomic mass is 32.1. The monoisotopic (exact) mass is 507 g/mol. The first-order chi connectivity index (χ1) is 17.3. The Hall–Kier alpha value is -3.77. The molecule has 3 N–H and O–H groups in total. The van der Waals surface area contributed by atoms with Crippen LogP contribution in [0.25, 0.3) is 22.3 Å². The molecule has 36 heavy (non-hydrogen) atoms. The van der Waals surface area contributed by atoms with Gasteiger partial charge in [0, 0.05) is 19.1 Å². The minimum absolute atomic E-state index is 0.00206. The van der Waals surface area contributed by atoms with Crippen LogP contribution in [0.2, 0.25) is 0 Å². The molecule has 0 spiro atoms. The fraction of sp³-hybridized carbons (Fsp3) is 0.375. The number of nitrogens with zero attached hydrogens (tertiary/aromatic N) is 4. The van der Waals surface area contributed by atoms with Crippen molar-refractivity contribution >= 4 is 46.6 Å². The van der Waals surface area contributed by atoms with Crippen molar-refractivity contribution < 1.29 is 19.1 Å². The lowest BCUT2D eigenvalue weighted by Gasteiger charge is -2.35. The normalized spacial score (nSPS) is 23.3. The zero-order valence-electron chi connectivity index (χ0n) is 19.8. The third-order valence-corrected chi connectivity index (χ3v) is 7.31. The number of hydrogen-bond acceptors (Lipinski definition) is 8. The van der Waals surface area contributed by atoms with Crippen molar-refractivity contribution in [1.82, 2.24) is 30.1 Å². The molecular formula is C24H25N7O4S. The number of fused-ring (bicyclic) bond motifs is 1. The van der Waals surface area contributed by atoms with Gasteiger partial charge in [0.15, 0.2) is 5.65 Å². The predicted octanol–water partition coefficient (Wildman–Crippen LogP) is 2.46. The second-order valence-corrected chi connectivity index (χ2v) is 10.5. The number of morpholine rings is 1. The molecule has 4 amide bonds. The first-order valence-electron chi connectivity index (χ1n) is 11.9. The van der Waals surface area contributed by atoms with Gasteiger partial charge in [-0.1, -0.05) is 0 Å². The summed E-state index contributed by atoms with van der Waals surface area (Å²) in [7, 11) is 0. The molecule has 3 aliphatic rings. The quantitative estimate of drug-likeness (QED) is 0.357. The minimum atomic E-state index is -0.565. The third kappa shape index (κ3) is 4.33. The molecule has 5 heterocycles. The van der Waals surface area contributed by atoms with Gasteiger partial charge in [0.05, 0.1) is 39.5 Å². The largest absolute Gasteiger partial charge is 0.379 e. The molecule has 3 aromatic rings. The molecule has 186 valence electrons. The number of rotatable bonds is 5. The van der Waals surface area contributed by atoms with Gasteiger partial charge in [-0.05, 0) is 51.0 Å². The average molecular weight is 508 g/mol. The van der Waals surface area contributed by atoms with Crippen LogP contribution in [-0.4, -0.2) is 68.7 Å². The van der Waals surface area contributed by atoms with Crippen LogP contribution in [0.15, 0.2) is 30.1 Å². The molecule has 0 aromatic carbocycles. The van der Waals surface area contributed by atoms with E-state index in [1.54, 1.807) is 16.8 Å². The lowest BCUT2D eigenvalue weighted by Crippen LogP contribution is -2.48. The number of ether oxygens (including phenoxy) is 1. The Morgan fingerprint density at radius 2 is 1.97 bits per heavy atom. The minimum Gasteiger partial charge on any atom is -0.379 e. The van der Waals surface area contributed by atoms with Crippen molar-refractivity contribution in [2.45, 2.75) is 44.9 Å². The molecule has 12 heteroatoms. The van der Waals surface area contributed by atoms with Crippen LogP contribution < -0.4 is 16.0 Å². The number of imidazole rings is 1. The Morgan fingerprint density at radius 3 is 2.67 bits per heavy atom. The highest BCUT2D eigenvalue weighted by molar-refractivity contribution is 7.17. The Bertz CT molecular complexity index is 1410. The van der Waals surface area contributed by atoms with Gasteiger partial charge in [0.25, 0.3) is 11.8 Å². The van der Waals surface area contributed by atoms with Crippen molar-refractivity contribution in [2.75, 3.05) is 18.4 Å². The molecule has 3 aromatic heterocycles. The number of carbonyl (C=O) groups excluding carboxylic acids is 3. The summed E-state index contributed by atoms with van der Waals surface area (Å²) in [5.74, 6) is -0.516. The van der Waals surface area contributed by atoms with Crippen LogP contribution in [-0.2, 0) is 9.53 Å². The molecule has 6 rings (SSSR count). The molecule has 2 saturated heterocycles. The Balaban J connectivity index is 1.36. The van der Waals surface area contributed by atoms with Crippen LogP contribution >= 0.6 is 11.3 Å². The van der Waals surface area contributed by atoms with Crippen molar-refractivity contribution in [3.8, 4) is 10.6 Å². The van der Waals surface area contributed by atoms with E-state index in [1.165, 1.54) is 11.3 Å². The lowest BCUT2D eigenvalue weighted by atomic mass is 10.2. The van der Waals surface area contributed by atoms with Gasteiger partial charge in [-0.25, -0.2) is 14.3 Å². The van der Waals surface area contributed by atoms with Crippen LogP contribution in [0.5, 0.6) is 0 Å². The summed E-state index contributed by atoms with van der Waals surface area (Å²) >= 11 is 1.39. The van der Waals surface area contributed by atoms with Gasteiger partial charge in [0.2, 0.25) is 0 Å². The Kier molecular flexibility index (Phi) is 5.49. The second kappa shape index (κ2) is 8.71. The highest BCUT2D eigenvalue weighted by Gasteiger charge is 2.28. The number of amides is 4. The fourth-order valence-corrected chi connectivity index (χ4v) is 5.41. The van der Waals surface area contributed by atoms with E-state index in [9.17, 15) is 14.4 Å². The zero-order valence-corrected chi connectivity index (χ0v) is 20.6. The molecular weight excluding hydrogens is 482 g/mol. The molecule has 2 atom stereocenters. The summed E-state index contributed by atoms with van der Waals surface area (Å²) < 4.78 is 7.41. The van der Waals surface area contributed by atoms with Crippen molar-refractivity contribution in [1.29, 1.82) is 0 Å². The number of imide groups is 1. The number of anilines is 1. The van der Waals surface area contributed by atoms with Gasteiger partial charge >= 0.3 is 6.03 Å². The summed E-state index contributed by atoms with van der Waals surface area (Å²) in [6.07, 6.45) is 5.32. The summed E-state index contributed by atoms with van der Waals surface area (Å²) in [4.78, 5) is 44.6. The lowest BCUT2D eigenvalue weighted by molar-refractivity contribution is -0.115. The maximum absolute atomic E-state index is 13.2. The van der Waals surface area contributed by atoms with Gasteiger partial charge < -0.3 is 20.3 Å². The number of hydrogen-bond donors (Lipinski definition) is 3. The van der Waals surface area contributed by atoms with Gasteiger partial charge in [-0.15, -0.1) is 11.3 Å². The smallest absolute Gasteiger partial charge is 0.326 e. The maximum Gasteiger partial charge on any atom is 0.326 e. The molecule has 0 radical (unpaired) electrons. The summed E-state index contributed by atoms with van der Waals surface area (Å²) in [6, 6.07) is 5.50.